The van der Waals surface area contributed by atoms with Gasteiger partial charge in [0.05, 0.1) is 14.2 Å². The van der Waals surface area contributed by atoms with Gasteiger partial charge in [-0.25, -0.2) is 4.79 Å². The number of allylic oxidation sites excluding steroid dienone is 2. The SMILES string of the molecule is COC(=O)/C(=C/C=C/c1cc2cc(Cl)ccc2[nH]1)OC. The highest BCUT2D eigenvalue weighted by molar-refractivity contribution is 6.31. The minimum absolute atomic E-state index is 0.142. The molecule has 1 aromatic heterocycles. The number of halogens is 1. The predicted molar refractivity (Wildman–Crippen MR) is 79.5 cm³/mol. The molecule has 0 aliphatic carbocycles. The Balaban J connectivity index is 2.21. The van der Waals surface area contributed by atoms with Crippen LogP contribution in [0.25, 0.3) is 17.0 Å². The third-order valence-corrected chi connectivity index (χ3v) is 2.97. The summed E-state index contributed by atoms with van der Waals surface area (Å²) in [5.74, 6) is -0.372. The van der Waals surface area contributed by atoms with E-state index in [2.05, 4.69) is 9.72 Å². The van der Waals surface area contributed by atoms with Crippen LogP contribution in [0.5, 0.6) is 0 Å². The second kappa shape index (κ2) is 6.30. The molecule has 1 heterocycles. The molecule has 2 rings (SSSR count). The lowest BCUT2D eigenvalue weighted by Gasteiger charge is -2.00. The number of hydrogen-bond donors (Lipinski definition) is 1. The Labute approximate surface area is 121 Å². The lowest BCUT2D eigenvalue weighted by atomic mass is 10.2. The number of methoxy groups -OCH3 is 2. The average molecular weight is 292 g/mol. The lowest BCUT2D eigenvalue weighted by Crippen LogP contribution is -2.05. The molecule has 0 fully saturated rings. The van der Waals surface area contributed by atoms with Gasteiger partial charge in [-0.3, -0.25) is 0 Å². The van der Waals surface area contributed by atoms with Crippen LogP contribution in [0, 0.1) is 0 Å². The van der Waals surface area contributed by atoms with Crippen molar-refractivity contribution in [2.75, 3.05) is 14.2 Å². The second-order valence-electron chi connectivity index (χ2n) is 4.04. The number of aromatic nitrogens is 1. The Bertz CT molecular complexity index is 685. The van der Waals surface area contributed by atoms with E-state index >= 15 is 0 Å². The number of H-pyrrole nitrogens is 1. The summed E-state index contributed by atoms with van der Waals surface area (Å²) >= 11 is 5.93. The van der Waals surface area contributed by atoms with E-state index < -0.39 is 5.97 Å². The Morgan fingerprint density at radius 3 is 2.75 bits per heavy atom. The number of ether oxygens (including phenoxy) is 2. The fraction of sp³-hybridized carbons (Fsp3) is 0.133. The van der Waals surface area contributed by atoms with Crippen molar-refractivity contribution in [3.8, 4) is 0 Å². The minimum atomic E-state index is -0.513. The molecule has 0 bridgehead atoms. The quantitative estimate of drug-likeness (QED) is 0.406. The standard InChI is InChI=1S/C15H14ClNO3/c1-19-14(15(18)20-2)5-3-4-12-9-10-8-11(16)6-7-13(10)17-12/h3-9,17H,1-2H3/b4-3+,14-5-. The number of nitrogens with one attached hydrogen (secondary N) is 1. The van der Waals surface area contributed by atoms with Crippen molar-refractivity contribution in [1.82, 2.24) is 4.98 Å². The van der Waals surface area contributed by atoms with Gasteiger partial charge in [0.15, 0.2) is 0 Å². The minimum Gasteiger partial charge on any atom is -0.490 e. The van der Waals surface area contributed by atoms with Crippen molar-refractivity contribution >= 4 is 34.5 Å². The molecule has 0 spiro atoms. The molecular weight excluding hydrogens is 278 g/mol. The molecule has 5 heteroatoms. The summed E-state index contributed by atoms with van der Waals surface area (Å²) in [6.45, 7) is 0. The maximum atomic E-state index is 11.3. The van der Waals surface area contributed by atoms with E-state index in [1.165, 1.54) is 14.2 Å². The highest BCUT2D eigenvalue weighted by Gasteiger charge is 2.07. The summed E-state index contributed by atoms with van der Waals surface area (Å²) in [5.41, 5.74) is 1.90. The van der Waals surface area contributed by atoms with Crippen LogP contribution >= 0.6 is 11.6 Å². The summed E-state index contributed by atoms with van der Waals surface area (Å²) in [5, 5.41) is 1.72. The van der Waals surface area contributed by atoms with E-state index in [0.29, 0.717) is 5.02 Å². The summed E-state index contributed by atoms with van der Waals surface area (Å²) in [6, 6.07) is 7.60. The zero-order valence-electron chi connectivity index (χ0n) is 11.1. The number of hydrogen-bond acceptors (Lipinski definition) is 3. The molecule has 0 atom stereocenters. The van der Waals surface area contributed by atoms with Gasteiger partial charge in [-0.15, -0.1) is 0 Å². The van der Waals surface area contributed by atoms with Crippen molar-refractivity contribution in [2.45, 2.75) is 0 Å². The number of rotatable bonds is 4. The Morgan fingerprint density at radius 1 is 1.25 bits per heavy atom. The molecule has 20 heavy (non-hydrogen) atoms. The molecule has 0 aliphatic rings. The Hall–Kier alpha value is -2.20. The largest absolute Gasteiger partial charge is 0.490 e. The van der Waals surface area contributed by atoms with Crippen LogP contribution in [0.15, 0.2) is 42.2 Å². The van der Waals surface area contributed by atoms with Gasteiger partial charge >= 0.3 is 5.97 Å². The second-order valence-corrected chi connectivity index (χ2v) is 4.48. The van der Waals surface area contributed by atoms with Gasteiger partial charge in [-0.2, -0.15) is 0 Å². The molecule has 104 valence electrons. The van der Waals surface area contributed by atoms with Gasteiger partial charge in [0.1, 0.15) is 0 Å². The van der Waals surface area contributed by atoms with E-state index in [0.717, 1.165) is 16.6 Å². The van der Waals surface area contributed by atoms with Crippen LogP contribution in [0.2, 0.25) is 5.02 Å². The van der Waals surface area contributed by atoms with Crippen molar-refractivity contribution < 1.29 is 14.3 Å². The molecule has 0 radical (unpaired) electrons. The normalized spacial score (nSPS) is 12.1. The number of fused-ring (bicyclic) bond motifs is 1. The first kappa shape index (κ1) is 14.2. The fourth-order valence-corrected chi connectivity index (χ4v) is 1.96. The molecular formula is C15H14ClNO3. The van der Waals surface area contributed by atoms with Crippen LogP contribution in [-0.4, -0.2) is 25.2 Å². The van der Waals surface area contributed by atoms with Gasteiger partial charge in [0.25, 0.3) is 0 Å². The van der Waals surface area contributed by atoms with Crippen molar-refractivity contribution in [1.29, 1.82) is 0 Å². The Kier molecular flexibility index (Phi) is 4.48. The summed E-state index contributed by atoms with van der Waals surface area (Å²) in [7, 11) is 2.72. The van der Waals surface area contributed by atoms with E-state index in [-0.39, 0.29) is 5.76 Å². The number of carbonyl (C=O) groups is 1. The molecule has 1 N–H and O–H groups in total. The van der Waals surface area contributed by atoms with Crippen LogP contribution in [-0.2, 0) is 14.3 Å². The molecule has 2 aromatic rings. The summed E-state index contributed by atoms with van der Waals surface area (Å²) in [4.78, 5) is 14.5. The first-order valence-electron chi connectivity index (χ1n) is 5.93. The van der Waals surface area contributed by atoms with Crippen molar-refractivity contribution in [2.24, 2.45) is 0 Å². The first-order chi connectivity index (χ1) is 9.63. The van der Waals surface area contributed by atoms with Gasteiger partial charge in [0, 0.05) is 21.6 Å². The molecule has 4 nitrogen and oxygen atoms in total. The molecule has 0 saturated carbocycles. The average Bonchev–Trinajstić information content (AvgIpc) is 2.84. The van der Waals surface area contributed by atoms with Gasteiger partial charge < -0.3 is 14.5 Å². The Morgan fingerprint density at radius 2 is 2.05 bits per heavy atom. The number of carbonyl (C=O) groups excluding carboxylic acids is 1. The maximum Gasteiger partial charge on any atom is 0.373 e. The molecule has 0 unspecified atom stereocenters. The van der Waals surface area contributed by atoms with E-state index in [4.69, 9.17) is 16.3 Å². The van der Waals surface area contributed by atoms with Crippen molar-refractivity contribution in [3.05, 3.63) is 52.9 Å². The van der Waals surface area contributed by atoms with Gasteiger partial charge in [-0.05, 0) is 36.4 Å². The molecule has 0 saturated heterocycles. The number of esters is 1. The lowest BCUT2D eigenvalue weighted by molar-refractivity contribution is -0.139. The predicted octanol–water partition coefficient (Wildman–Crippen LogP) is 3.54. The van der Waals surface area contributed by atoms with Crippen molar-refractivity contribution in [3.63, 3.8) is 0 Å². The molecule has 0 amide bonds. The molecule has 0 aliphatic heterocycles. The number of benzene rings is 1. The zero-order valence-corrected chi connectivity index (χ0v) is 11.9. The smallest absolute Gasteiger partial charge is 0.373 e. The van der Waals surface area contributed by atoms with E-state index in [1.807, 2.05) is 30.3 Å². The monoisotopic (exact) mass is 291 g/mol. The van der Waals surface area contributed by atoms with Crippen LogP contribution in [0.1, 0.15) is 5.69 Å². The zero-order chi connectivity index (χ0) is 14.5. The summed E-state index contributed by atoms with van der Waals surface area (Å²) in [6.07, 6.45) is 5.09. The first-order valence-corrected chi connectivity index (χ1v) is 6.31. The highest BCUT2D eigenvalue weighted by atomic mass is 35.5. The van der Waals surface area contributed by atoms with Crippen LogP contribution in [0.4, 0.5) is 0 Å². The van der Waals surface area contributed by atoms with E-state index in [9.17, 15) is 4.79 Å². The fourth-order valence-electron chi connectivity index (χ4n) is 1.77. The number of aromatic amines is 1. The third kappa shape index (κ3) is 3.22. The highest BCUT2D eigenvalue weighted by Crippen LogP contribution is 2.20. The van der Waals surface area contributed by atoms with Gasteiger partial charge in [0.2, 0.25) is 5.76 Å². The van der Waals surface area contributed by atoms with E-state index in [1.54, 1.807) is 12.2 Å². The third-order valence-electron chi connectivity index (χ3n) is 2.73. The van der Waals surface area contributed by atoms with Crippen LogP contribution < -0.4 is 0 Å². The molecule has 1 aromatic carbocycles. The topological polar surface area (TPSA) is 51.3 Å². The van der Waals surface area contributed by atoms with Crippen LogP contribution in [0.3, 0.4) is 0 Å². The van der Waals surface area contributed by atoms with Gasteiger partial charge in [-0.1, -0.05) is 17.7 Å². The maximum absolute atomic E-state index is 11.3. The summed E-state index contributed by atoms with van der Waals surface area (Å²) < 4.78 is 9.50.